The first-order chi connectivity index (χ1) is 7.24. The minimum Gasteiger partial charge on any atom is -0.481 e. The van der Waals surface area contributed by atoms with Gasteiger partial charge in [-0.1, -0.05) is 6.42 Å². The van der Waals surface area contributed by atoms with Crippen molar-refractivity contribution in [2.24, 2.45) is 11.7 Å². The number of carboxylic acid groups (broad SMARTS) is 1. The topological polar surface area (TPSA) is 76.5 Å². The fourth-order valence-electron chi connectivity index (χ4n) is 1.52. The summed E-state index contributed by atoms with van der Waals surface area (Å²) < 4.78 is 5.13. The molecule has 1 aromatic rings. The fourth-order valence-corrected chi connectivity index (χ4v) is 1.52. The molecule has 0 aliphatic rings. The van der Waals surface area contributed by atoms with Crippen LogP contribution >= 0.6 is 0 Å². The number of hydrogen-bond acceptors (Lipinski definition) is 3. The molecule has 0 saturated carbocycles. The second kappa shape index (κ2) is 6.24. The van der Waals surface area contributed by atoms with Gasteiger partial charge in [-0.3, -0.25) is 4.79 Å². The molecule has 1 rings (SSSR count). The van der Waals surface area contributed by atoms with E-state index < -0.39 is 5.97 Å². The summed E-state index contributed by atoms with van der Waals surface area (Å²) in [6, 6.07) is 3.58. The van der Waals surface area contributed by atoms with Crippen molar-refractivity contribution in [3.63, 3.8) is 0 Å². The van der Waals surface area contributed by atoms with Crippen LogP contribution in [0.2, 0.25) is 0 Å². The first kappa shape index (κ1) is 11.8. The van der Waals surface area contributed by atoms with Gasteiger partial charge >= 0.3 is 5.97 Å². The van der Waals surface area contributed by atoms with Gasteiger partial charge in [-0.15, -0.1) is 0 Å². The van der Waals surface area contributed by atoms with Gasteiger partial charge in [0.1, 0.15) is 5.76 Å². The molecule has 0 fully saturated rings. The zero-order valence-corrected chi connectivity index (χ0v) is 8.69. The summed E-state index contributed by atoms with van der Waals surface area (Å²) in [6.07, 6.45) is 4.42. The van der Waals surface area contributed by atoms with Crippen molar-refractivity contribution in [1.82, 2.24) is 0 Å². The quantitative estimate of drug-likeness (QED) is 0.672. The van der Waals surface area contributed by atoms with Crippen LogP contribution in [0.25, 0.3) is 0 Å². The van der Waals surface area contributed by atoms with Crippen molar-refractivity contribution in [3.8, 4) is 0 Å². The molecule has 3 N–H and O–H groups in total. The minimum atomic E-state index is -0.761. The number of aliphatic carboxylic acids is 1. The molecule has 0 amide bonds. The summed E-state index contributed by atoms with van der Waals surface area (Å²) in [7, 11) is 0. The van der Waals surface area contributed by atoms with Crippen molar-refractivity contribution in [1.29, 1.82) is 0 Å². The number of furan rings is 1. The highest BCUT2D eigenvalue weighted by molar-refractivity contribution is 5.70. The van der Waals surface area contributed by atoms with Crippen LogP contribution in [0.1, 0.15) is 25.0 Å². The first-order valence-corrected chi connectivity index (χ1v) is 5.19. The smallest absolute Gasteiger partial charge is 0.306 e. The van der Waals surface area contributed by atoms with Gasteiger partial charge in [0.05, 0.1) is 12.2 Å². The maximum absolute atomic E-state index is 10.9. The minimum absolute atomic E-state index is 0.359. The lowest BCUT2D eigenvalue weighted by Gasteiger charge is -2.09. The number of unbranched alkanes of at least 4 members (excludes halogenated alkanes) is 1. The highest BCUT2D eigenvalue weighted by Gasteiger charge is 2.18. The predicted octanol–water partition coefficient (Wildman–Crippen LogP) is 1.65. The lowest BCUT2D eigenvalue weighted by atomic mass is 9.97. The molecule has 4 nitrogen and oxygen atoms in total. The highest BCUT2D eigenvalue weighted by atomic mass is 16.4. The summed E-state index contributed by atoms with van der Waals surface area (Å²) in [5.74, 6) is -0.388. The van der Waals surface area contributed by atoms with Crippen LogP contribution in [-0.2, 0) is 11.2 Å². The van der Waals surface area contributed by atoms with Crippen LogP contribution in [-0.4, -0.2) is 17.6 Å². The Kier molecular flexibility index (Phi) is 4.90. The third kappa shape index (κ3) is 4.16. The largest absolute Gasteiger partial charge is 0.481 e. The standard InChI is InChI=1S/C11H17NO3/c12-6-2-1-4-9(11(13)14)8-10-5-3-7-15-10/h3,5,7,9H,1-2,4,6,8,12H2,(H,13,14). The molecule has 1 unspecified atom stereocenters. The van der Waals surface area contributed by atoms with E-state index in [-0.39, 0.29) is 5.92 Å². The molecule has 1 atom stereocenters. The molecule has 15 heavy (non-hydrogen) atoms. The van der Waals surface area contributed by atoms with Crippen LogP contribution in [0.5, 0.6) is 0 Å². The average molecular weight is 211 g/mol. The number of rotatable bonds is 7. The van der Waals surface area contributed by atoms with Gasteiger partial charge in [0.2, 0.25) is 0 Å². The Morgan fingerprint density at radius 3 is 2.87 bits per heavy atom. The summed E-state index contributed by atoms with van der Waals surface area (Å²) in [6.45, 7) is 0.618. The van der Waals surface area contributed by atoms with Gasteiger partial charge < -0.3 is 15.3 Å². The Labute approximate surface area is 89.1 Å². The van der Waals surface area contributed by atoms with E-state index in [4.69, 9.17) is 15.3 Å². The van der Waals surface area contributed by atoms with Gasteiger partial charge in [0.25, 0.3) is 0 Å². The Morgan fingerprint density at radius 2 is 2.33 bits per heavy atom. The zero-order valence-electron chi connectivity index (χ0n) is 8.69. The first-order valence-electron chi connectivity index (χ1n) is 5.19. The molecule has 1 heterocycles. The summed E-state index contributed by atoms with van der Waals surface area (Å²) in [5.41, 5.74) is 5.36. The number of carboxylic acids is 1. The molecule has 0 aliphatic heterocycles. The monoisotopic (exact) mass is 211 g/mol. The van der Waals surface area contributed by atoms with E-state index in [1.165, 1.54) is 0 Å². The van der Waals surface area contributed by atoms with E-state index in [1.807, 2.05) is 0 Å². The van der Waals surface area contributed by atoms with Gasteiger partial charge in [-0.05, 0) is 31.5 Å². The number of hydrogen-bond donors (Lipinski definition) is 2. The molecular formula is C11H17NO3. The second-order valence-electron chi connectivity index (χ2n) is 3.60. The van der Waals surface area contributed by atoms with Crippen LogP contribution in [0.15, 0.2) is 22.8 Å². The summed E-state index contributed by atoms with van der Waals surface area (Å²) >= 11 is 0. The van der Waals surface area contributed by atoms with Crippen molar-refractivity contribution in [2.45, 2.75) is 25.7 Å². The molecule has 0 aliphatic carbocycles. The molecule has 1 aromatic heterocycles. The molecule has 84 valence electrons. The lowest BCUT2D eigenvalue weighted by Crippen LogP contribution is -2.16. The second-order valence-corrected chi connectivity index (χ2v) is 3.60. The Balaban J connectivity index is 2.40. The highest BCUT2D eigenvalue weighted by Crippen LogP contribution is 2.15. The van der Waals surface area contributed by atoms with Crippen LogP contribution in [0.4, 0.5) is 0 Å². The molecule has 0 bridgehead atoms. The van der Waals surface area contributed by atoms with Gasteiger partial charge in [0, 0.05) is 6.42 Å². The fraction of sp³-hybridized carbons (Fsp3) is 0.545. The van der Waals surface area contributed by atoms with Crippen molar-refractivity contribution in [3.05, 3.63) is 24.2 Å². The van der Waals surface area contributed by atoms with Crippen molar-refractivity contribution in [2.75, 3.05) is 6.54 Å². The summed E-state index contributed by atoms with van der Waals surface area (Å²) in [4.78, 5) is 10.9. The van der Waals surface area contributed by atoms with Crippen LogP contribution in [0.3, 0.4) is 0 Å². The van der Waals surface area contributed by atoms with E-state index >= 15 is 0 Å². The Morgan fingerprint density at radius 1 is 1.53 bits per heavy atom. The van der Waals surface area contributed by atoms with Crippen molar-refractivity contribution < 1.29 is 14.3 Å². The van der Waals surface area contributed by atoms with E-state index in [0.717, 1.165) is 18.6 Å². The lowest BCUT2D eigenvalue weighted by molar-refractivity contribution is -0.142. The molecule has 0 aromatic carbocycles. The van der Waals surface area contributed by atoms with E-state index in [9.17, 15) is 4.79 Å². The van der Waals surface area contributed by atoms with Crippen molar-refractivity contribution >= 4 is 5.97 Å². The molecule has 0 saturated heterocycles. The molecular weight excluding hydrogens is 194 g/mol. The zero-order chi connectivity index (χ0) is 11.1. The van der Waals surface area contributed by atoms with E-state index in [0.29, 0.717) is 19.4 Å². The van der Waals surface area contributed by atoms with Crippen LogP contribution in [0, 0.1) is 5.92 Å². The van der Waals surface area contributed by atoms with Gasteiger partial charge in [-0.25, -0.2) is 0 Å². The van der Waals surface area contributed by atoms with Crippen LogP contribution < -0.4 is 5.73 Å². The van der Waals surface area contributed by atoms with E-state index in [2.05, 4.69) is 0 Å². The Bertz CT molecular complexity index is 282. The maximum atomic E-state index is 10.9. The van der Waals surface area contributed by atoms with Gasteiger partial charge in [0.15, 0.2) is 0 Å². The number of carbonyl (C=O) groups is 1. The SMILES string of the molecule is NCCCCC(Cc1ccco1)C(=O)O. The van der Waals surface area contributed by atoms with E-state index in [1.54, 1.807) is 18.4 Å². The molecule has 0 spiro atoms. The molecule has 4 heteroatoms. The third-order valence-electron chi connectivity index (χ3n) is 2.38. The summed E-state index contributed by atoms with van der Waals surface area (Å²) in [5, 5.41) is 9.00. The number of nitrogens with two attached hydrogens (primary N) is 1. The maximum Gasteiger partial charge on any atom is 0.306 e. The average Bonchev–Trinajstić information content (AvgIpc) is 2.69. The molecule has 0 radical (unpaired) electrons. The third-order valence-corrected chi connectivity index (χ3v) is 2.38. The normalized spacial score (nSPS) is 12.6. The Hall–Kier alpha value is -1.29. The predicted molar refractivity (Wildman–Crippen MR) is 56.4 cm³/mol. The van der Waals surface area contributed by atoms with Gasteiger partial charge in [-0.2, -0.15) is 0 Å².